The van der Waals surface area contributed by atoms with E-state index >= 15 is 0 Å². The van der Waals surface area contributed by atoms with Gasteiger partial charge in [-0.25, -0.2) is 29.9 Å². The molecular weight excluding hydrogens is 1350 g/mol. The van der Waals surface area contributed by atoms with Crippen molar-refractivity contribution in [1.82, 2.24) is 43.1 Å². The fraction of sp³-hybridized carbons (Fsp3) is 0. The van der Waals surface area contributed by atoms with Gasteiger partial charge in [0.1, 0.15) is 16.6 Å². The van der Waals surface area contributed by atoms with Crippen molar-refractivity contribution >= 4 is 253 Å². The Morgan fingerprint density at radius 2 is 0.689 bits per heavy atom. The third-order valence-corrected chi connectivity index (χ3v) is 25.8. The molecular formula is C94H49N9S3. The van der Waals surface area contributed by atoms with Crippen LogP contribution in [0.3, 0.4) is 0 Å². The number of fused-ring (bicyclic) bond motifs is 34. The van der Waals surface area contributed by atoms with Gasteiger partial charge in [-0.2, -0.15) is 0 Å². The van der Waals surface area contributed by atoms with Gasteiger partial charge in [0, 0.05) is 110 Å². The van der Waals surface area contributed by atoms with Crippen LogP contribution in [0, 0.1) is 0 Å². The summed E-state index contributed by atoms with van der Waals surface area (Å²) in [5, 5.41) is 21.4. The van der Waals surface area contributed by atoms with Gasteiger partial charge < -0.3 is 0 Å². The average molecular weight is 1400 g/mol. The van der Waals surface area contributed by atoms with Crippen LogP contribution in [0.1, 0.15) is 0 Å². The maximum atomic E-state index is 5.31. The molecule has 27 rings (SSSR count). The van der Waals surface area contributed by atoms with Crippen molar-refractivity contribution in [2.75, 3.05) is 0 Å². The number of rotatable bonds is 2. The Morgan fingerprint density at radius 3 is 1.37 bits per heavy atom. The van der Waals surface area contributed by atoms with Gasteiger partial charge in [-0.05, 0) is 100 Å². The monoisotopic (exact) mass is 1400 g/mol. The lowest BCUT2D eigenvalue weighted by Crippen LogP contribution is -1.90. The van der Waals surface area contributed by atoms with E-state index in [1.807, 2.05) is 46.1 Å². The van der Waals surface area contributed by atoms with Crippen LogP contribution in [-0.4, -0.2) is 43.1 Å². The molecule has 488 valence electrons. The zero-order valence-electron chi connectivity index (χ0n) is 56.0. The van der Waals surface area contributed by atoms with Crippen molar-refractivity contribution in [1.29, 1.82) is 0 Å². The van der Waals surface area contributed by atoms with Gasteiger partial charge in [0.05, 0.1) is 70.9 Å². The van der Waals surface area contributed by atoms with Crippen LogP contribution in [0.15, 0.2) is 297 Å². The molecule has 0 spiro atoms. The smallest absolute Gasteiger partial charge is 0.165 e. The van der Waals surface area contributed by atoms with Crippen LogP contribution in [0.5, 0.6) is 0 Å². The quantitative estimate of drug-likeness (QED) is 0.160. The molecule has 12 heterocycles. The lowest BCUT2D eigenvalue weighted by molar-refractivity contribution is 1.28. The molecule has 27 aromatic rings. The number of para-hydroxylation sites is 3. The minimum atomic E-state index is 0.917. The second kappa shape index (κ2) is 21.2. The standard InChI is InChI=1S/2C32H17N3S.C30H15N3S/c1-2-7-18(8-3-1)19-13-14-25-26(15-19)34-32-30(33-25)22-11-6-10-21-23-16-24-20-9-4-5-12-28(20)36-29(24)17-27(23)35(32)31(21)22;1-2-7-18(8-3-1)19-13-14-23-24(17-19)34-32-30(33-23)22-11-6-10-21-28-25(35(32)31(21)22)15-16-27-29(28)20-9-4-5-12-26(20)36-27;1-2-7-17-16(6-1)12-15-23-25(17)32-30-26(31-23)22-10-5-9-19-20-13-14-21-18-8-3-4-11-24(18)34-29(21)28(20)33(30)27(19)22/h2*1-17H;1-15H. The lowest BCUT2D eigenvalue weighted by atomic mass is 10.0. The molecule has 9 nitrogen and oxygen atoms in total. The summed E-state index contributed by atoms with van der Waals surface area (Å²) in [6.07, 6.45) is 0. The Labute approximate surface area is 611 Å². The molecule has 0 unspecified atom stereocenters. The fourth-order valence-corrected chi connectivity index (χ4v) is 21.2. The van der Waals surface area contributed by atoms with Crippen LogP contribution >= 0.6 is 34.0 Å². The molecule has 0 saturated heterocycles. The lowest BCUT2D eigenvalue weighted by Gasteiger charge is -2.04. The highest BCUT2D eigenvalue weighted by atomic mass is 32.1. The van der Waals surface area contributed by atoms with E-state index in [4.69, 9.17) is 29.9 Å². The molecule has 0 radical (unpaired) electrons. The highest BCUT2D eigenvalue weighted by Gasteiger charge is 2.27. The predicted molar refractivity (Wildman–Crippen MR) is 450 cm³/mol. The maximum Gasteiger partial charge on any atom is 0.165 e. The van der Waals surface area contributed by atoms with E-state index in [-0.39, 0.29) is 0 Å². The molecule has 0 atom stereocenters. The van der Waals surface area contributed by atoms with Crippen LogP contribution in [0.4, 0.5) is 0 Å². The van der Waals surface area contributed by atoms with Crippen molar-refractivity contribution in [3.8, 4) is 22.3 Å². The molecule has 0 aliphatic carbocycles. The molecule has 12 aromatic heterocycles. The molecule has 0 amide bonds. The molecule has 0 saturated carbocycles. The summed E-state index contributed by atoms with van der Waals surface area (Å²) in [7, 11) is 0. The van der Waals surface area contributed by atoms with E-state index in [1.165, 1.54) is 148 Å². The Hall–Kier alpha value is -13.4. The second-order valence-electron chi connectivity index (χ2n) is 27.9. The Kier molecular flexibility index (Phi) is 11.4. The summed E-state index contributed by atoms with van der Waals surface area (Å²) < 4.78 is 15.0. The number of hydrogen-bond acceptors (Lipinski definition) is 9. The van der Waals surface area contributed by atoms with Crippen molar-refractivity contribution < 1.29 is 0 Å². The van der Waals surface area contributed by atoms with Crippen LogP contribution in [-0.2, 0) is 0 Å². The molecule has 0 fully saturated rings. The maximum absolute atomic E-state index is 5.31. The largest absolute Gasteiger partial charge is 0.291 e. The van der Waals surface area contributed by atoms with E-state index in [2.05, 4.69) is 298 Å². The minimum Gasteiger partial charge on any atom is -0.291 e. The summed E-state index contributed by atoms with van der Waals surface area (Å²) in [4.78, 5) is 31.2. The summed E-state index contributed by atoms with van der Waals surface area (Å²) >= 11 is 5.59. The molecule has 0 N–H and O–H groups in total. The first-order valence-electron chi connectivity index (χ1n) is 35.6. The zero-order chi connectivity index (χ0) is 68.7. The average Bonchev–Trinajstić information content (AvgIpc) is 1.54. The summed E-state index contributed by atoms with van der Waals surface area (Å²) in [6, 6.07) is 106. The summed E-state index contributed by atoms with van der Waals surface area (Å²) in [5.74, 6) is 0. The third-order valence-electron chi connectivity index (χ3n) is 22.3. The fourth-order valence-electron chi connectivity index (χ4n) is 17.7. The van der Waals surface area contributed by atoms with E-state index in [0.29, 0.717) is 0 Å². The Balaban J connectivity index is 0.0000000920. The molecule has 0 aliphatic rings. The van der Waals surface area contributed by atoms with Gasteiger partial charge in [0.15, 0.2) is 16.9 Å². The zero-order valence-corrected chi connectivity index (χ0v) is 58.5. The normalized spacial score (nSPS) is 12.5. The summed E-state index contributed by atoms with van der Waals surface area (Å²) in [6.45, 7) is 0. The van der Waals surface area contributed by atoms with Gasteiger partial charge in [-0.1, -0.05) is 224 Å². The van der Waals surface area contributed by atoms with Gasteiger partial charge in [0.25, 0.3) is 0 Å². The van der Waals surface area contributed by atoms with Crippen LogP contribution < -0.4 is 0 Å². The highest BCUT2D eigenvalue weighted by Crippen LogP contribution is 2.49. The first-order chi connectivity index (χ1) is 52.5. The van der Waals surface area contributed by atoms with Crippen LogP contribution in [0.25, 0.3) is 242 Å². The molecule has 0 aliphatic heterocycles. The van der Waals surface area contributed by atoms with Gasteiger partial charge >= 0.3 is 0 Å². The highest BCUT2D eigenvalue weighted by molar-refractivity contribution is 7.27. The van der Waals surface area contributed by atoms with Crippen molar-refractivity contribution in [2.45, 2.75) is 0 Å². The number of benzene rings is 15. The number of aromatic nitrogens is 9. The first-order valence-corrected chi connectivity index (χ1v) is 38.1. The predicted octanol–water partition coefficient (Wildman–Crippen LogP) is 25.9. The molecule has 15 aromatic carbocycles. The van der Waals surface area contributed by atoms with Crippen molar-refractivity contribution in [3.63, 3.8) is 0 Å². The molecule has 106 heavy (non-hydrogen) atoms. The van der Waals surface area contributed by atoms with E-state index in [1.54, 1.807) is 0 Å². The van der Waals surface area contributed by atoms with Gasteiger partial charge in [0.2, 0.25) is 0 Å². The van der Waals surface area contributed by atoms with E-state index < -0.39 is 0 Å². The number of nitrogens with zero attached hydrogens (tertiary/aromatic N) is 9. The van der Waals surface area contributed by atoms with Gasteiger partial charge in [-0.3, -0.25) is 13.2 Å². The van der Waals surface area contributed by atoms with Crippen LogP contribution in [0.2, 0.25) is 0 Å². The molecule has 0 bridgehead atoms. The topological polar surface area (TPSA) is 90.6 Å². The van der Waals surface area contributed by atoms with Gasteiger partial charge in [-0.15, -0.1) is 34.0 Å². The number of thiophene rings is 3. The SMILES string of the molecule is c1ccc(-c2ccc3nc4c5cccc6c7c8c(ccc7n(c4nc3c2)c56)sc2ccccc28)cc1.c1ccc(-c2ccc3nc4c5cccc6c7cc8c(cc7n(c4nc3c2)c65)sc2ccccc28)cc1.c1ccc2c(c1)ccc1nc3c4cccc5c6ccc7c8ccccc8sc7c6n(c3nc12)c54. The first kappa shape index (κ1) is 57.2. The summed E-state index contributed by atoms with van der Waals surface area (Å²) in [5.41, 5.74) is 23.2. The molecule has 12 heteroatoms. The Bertz CT molecular complexity index is 8480. The number of hydrogen-bond donors (Lipinski definition) is 0. The Morgan fingerprint density at radius 1 is 0.208 bits per heavy atom. The second-order valence-corrected chi connectivity index (χ2v) is 31.1. The third kappa shape index (κ3) is 7.80. The van der Waals surface area contributed by atoms with E-state index in [9.17, 15) is 0 Å². The van der Waals surface area contributed by atoms with Crippen molar-refractivity contribution in [3.05, 3.63) is 297 Å². The minimum absolute atomic E-state index is 0.917. The van der Waals surface area contributed by atoms with E-state index in [0.717, 1.165) is 93.9 Å². The van der Waals surface area contributed by atoms with Crippen molar-refractivity contribution in [2.24, 2.45) is 0 Å².